The molecule has 2 amide bonds. The van der Waals surface area contributed by atoms with Crippen molar-refractivity contribution in [2.45, 2.75) is 137 Å². The minimum Gasteiger partial charge on any atom is -0.479 e. The maximum Gasteiger partial charge on any atom is 0.335 e. The van der Waals surface area contributed by atoms with Crippen molar-refractivity contribution in [1.82, 2.24) is 10.6 Å². The molecule has 0 saturated carbocycles. The molecule has 28 heteroatoms. The van der Waals surface area contributed by atoms with Gasteiger partial charge in [0.2, 0.25) is 18.1 Å². The van der Waals surface area contributed by atoms with Gasteiger partial charge in [-0.3, -0.25) is 19.7 Å². The molecule has 0 aromatic heterocycles. The number of hydrogen-bond acceptors (Lipinski definition) is 23. The number of amides is 2. The third-order valence-electron chi connectivity index (χ3n) is 10.2. The van der Waals surface area contributed by atoms with E-state index in [0.29, 0.717) is 0 Å². The van der Waals surface area contributed by atoms with Crippen molar-refractivity contribution in [3.05, 3.63) is 34.4 Å². The lowest BCUT2D eigenvalue weighted by atomic mass is 9.94. The van der Waals surface area contributed by atoms with Crippen molar-refractivity contribution >= 4 is 29.4 Å². The topological polar surface area (TPSA) is 432 Å². The number of rotatable bonds is 15. The normalized spacial score (nSPS) is 41.1. The van der Waals surface area contributed by atoms with E-state index in [4.69, 9.17) is 37.9 Å². The molecule has 1 aromatic rings. The van der Waals surface area contributed by atoms with Crippen LogP contribution in [0, 0.1) is 10.1 Å². The number of carbonyl (C=O) groups is 4. The Bertz CT molecular complexity index is 1740. The van der Waals surface area contributed by atoms with Crippen molar-refractivity contribution < 1.29 is 118 Å². The number of aliphatic hydroxyl groups is 9. The highest BCUT2D eigenvalue weighted by Gasteiger charge is 2.57. The van der Waals surface area contributed by atoms with Crippen LogP contribution in [-0.4, -0.2) is 221 Å². The first-order chi connectivity index (χ1) is 29.2. The quantitative estimate of drug-likeness (QED) is 0.0574. The average Bonchev–Trinajstić information content (AvgIpc) is 3.21. The van der Waals surface area contributed by atoms with Crippen LogP contribution in [0.4, 0.5) is 5.69 Å². The van der Waals surface area contributed by atoms with Crippen LogP contribution >= 0.6 is 0 Å². The van der Waals surface area contributed by atoms with Crippen LogP contribution in [0.3, 0.4) is 0 Å². The zero-order chi connectivity index (χ0) is 45.9. The van der Waals surface area contributed by atoms with Gasteiger partial charge in [0, 0.05) is 26.0 Å². The number of aliphatic hydroxyl groups excluding tert-OH is 9. The van der Waals surface area contributed by atoms with E-state index in [1.54, 1.807) is 0 Å². The van der Waals surface area contributed by atoms with Crippen LogP contribution in [0.5, 0.6) is 5.75 Å². The summed E-state index contributed by atoms with van der Waals surface area (Å²) in [7, 11) is 0. The van der Waals surface area contributed by atoms with Crippen molar-refractivity contribution in [2.24, 2.45) is 0 Å². The number of aliphatic carboxylic acids is 2. The molecule has 0 bridgehead atoms. The molecule has 0 radical (unpaired) electrons. The first-order valence-electron chi connectivity index (χ1n) is 18.7. The Morgan fingerprint density at radius 1 is 0.597 bits per heavy atom. The Labute approximate surface area is 348 Å². The lowest BCUT2D eigenvalue weighted by molar-refractivity contribution is -0.384. The van der Waals surface area contributed by atoms with E-state index in [0.717, 1.165) is 38.1 Å². The van der Waals surface area contributed by atoms with Crippen molar-refractivity contribution in [1.29, 1.82) is 0 Å². The molecule has 28 nitrogen and oxygen atoms in total. The molecule has 62 heavy (non-hydrogen) atoms. The van der Waals surface area contributed by atoms with Gasteiger partial charge in [-0.1, -0.05) is 0 Å². The van der Waals surface area contributed by atoms with Gasteiger partial charge in [0.15, 0.2) is 31.1 Å². The number of carboxylic acids is 2. The number of non-ortho nitro benzene ring substituents is 1. The van der Waals surface area contributed by atoms with Gasteiger partial charge >= 0.3 is 11.9 Å². The third-order valence-corrected chi connectivity index (χ3v) is 10.2. The van der Waals surface area contributed by atoms with Crippen LogP contribution in [0.25, 0.3) is 0 Å². The number of nitro benzene ring substituents is 1. The first kappa shape index (κ1) is 48.7. The zero-order valence-electron chi connectivity index (χ0n) is 32.4. The summed E-state index contributed by atoms with van der Waals surface area (Å²) < 4.78 is 44.4. The summed E-state index contributed by atoms with van der Waals surface area (Å²) in [4.78, 5) is 59.3. The molecule has 4 saturated heterocycles. The van der Waals surface area contributed by atoms with Gasteiger partial charge in [0.1, 0.15) is 91.1 Å². The van der Waals surface area contributed by atoms with Gasteiger partial charge in [0.05, 0.1) is 18.1 Å². The predicted molar refractivity (Wildman–Crippen MR) is 190 cm³/mol. The first-order valence-corrected chi connectivity index (χ1v) is 18.7. The van der Waals surface area contributed by atoms with Crippen LogP contribution in [0.2, 0.25) is 0 Å². The van der Waals surface area contributed by atoms with Crippen molar-refractivity contribution in [2.75, 3.05) is 13.2 Å². The van der Waals surface area contributed by atoms with E-state index in [1.165, 1.54) is 0 Å². The number of nitro groups is 1. The van der Waals surface area contributed by atoms with Crippen LogP contribution < -0.4 is 15.4 Å². The number of hydrogen-bond donors (Lipinski definition) is 13. The average molecular weight is 898 g/mol. The number of carboxylic acid groups (broad SMARTS) is 2. The smallest absolute Gasteiger partial charge is 0.335 e. The fraction of sp³-hybridized carbons (Fsp3) is 0.706. The maximum absolute atomic E-state index is 12.5. The number of carbonyl (C=O) groups excluding carboxylic acids is 2. The highest BCUT2D eigenvalue weighted by molar-refractivity contribution is 5.75. The monoisotopic (exact) mass is 897 g/mol. The fourth-order valence-corrected chi connectivity index (χ4v) is 7.16. The Morgan fingerprint density at radius 3 is 1.48 bits per heavy atom. The number of nitrogens with one attached hydrogen (secondary N) is 2. The highest BCUT2D eigenvalue weighted by Crippen LogP contribution is 2.35. The zero-order valence-corrected chi connectivity index (χ0v) is 32.4. The highest BCUT2D eigenvalue weighted by atomic mass is 16.8. The van der Waals surface area contributed by atoms with E-state index in [-0.39, 0.29) is 11.4 Å². The molecule has 4 aliphatic rings. The summed E-state index contributed by atoms with van der Waals surface area (Å²) >= 11 is 0. The van der Waals surface area contributed by atoms with Crippen molar-refractivity contribution in [3.8, 4) is 5.75 Å². The Balaban J connectivity index is 1.34. The Hall–Kier alpha value is -4.34. The summed E-state index contributed by atoms with van der Waals surface area (Å²) in [6.45, 7) is 0.0157. The number of nitrogens with zero attached hydrogens (tertiary/aromatic N) is 1. The fourth-order valence-electron chi connectivity index (χ4n) is 7.16. The number of ether oxygens (including phenoxy) is 8. The third kappa shape index (κ3) is 10.5. The van der Waals surface area contributed by atoms with Crippen molar-refractivity contribution in [3.63, 3.8) is 0 Å². The molecule has 1 aromatic carbocycles. The molecule has 13 N–H and O–H groups in total. The molecule has 20 atom stereocenters. The van der Waals surface area contributed by atoms with Gasteiger partial charge in [0.25, 0.3) is 5.69 Å². The molecular weight excluding hydrogens is 850 g/mol. The predicted octanol–water partition coefficient (Wildman–Crippen LogP) is -7.28. The second-order valence-corrected chi connectivity index (χ2v) is 14.5. The maximum atomic E-state index is 12.5. The molecule has 4 heterocycles. The lowest BCUT2D eigenvalue weighted by Gasteiger charge is -2.49. The summed E-state index contributed by atoms with van der Waals surface area (Å²) in [5.74, 6) is -5.43. The van der Waals surface area contributed by atoms with Gasteiger partial charge in [-0.2, -0.15) is 0 Å². The summed E-state index contributed by atoms with van der Waals surface area (Å²) in [5, 5.41) is 132. The van der Waals surface area contributed by atoms with Gasteiger partial charge in [-0.15, -0.1) is 0 Å². The summed E-state index contributed by atoms with van der Waals surface area (Å²) in [6, 6.07) is 0.854. The van der Waals surface area contributed by atoms with Gasteiger partial charge in [-0.05, 0) is 12.1 Å². The van der Waals surface area contributed by atoms with Crippen LogP contribution in [0.15, 0.2) is 24.3 Å². The van der Waals surface area contributed by atoms with E-state index >= 15 is 0 Å². The minimum absolute atomic E-state index is 0.139. The van der Waals surface area contributed by atoms with E-state index in [1.807, 2.05) is 0 Å². The molecule has 0 spiro atoms. The molecule has 4 aliphatic heterocycles. The standard InChI is InChI=1S/C34H47N3O25/c1-9(40)35-15-18(43)17(42)13(7-38)56-31(15)59-26-21(46)23(48)34(62-28(26)30(51)52)58-24-14(8-39)57-32(16(19(24)44)36-10(2)41)60-25-20(45)22(47)33(61-27(25)29(49)50)55-12-5-3-11(4-6-12)37(53)54/h3-6,13-28,31-34,38-39,42-48H,7-8H2,1-2H3,(H,35,40)(H,36,41)(H,49,50)(H,51,52)/t13-,14-,15-,16-,17-,18-,19-,20-,21-,22-,23-,24-,25+,26+,27+,28+,31-,32-,33-,34-/m1/s1. The second-order valence-electron chi connectivity index (χ2n) is 14.5. The van der Waals surface area contributed by atoms with E-state index in [2.05, 4.69) is 10.6 Å². The summed E-state index contributed by atoms with van der Waals surface area (Å²) in [6.07, 6.45) is -36.4. The van der Waals surface area contributed by atoms with E-state index < -0.39 is 165 Å². The molecule has 5 rings (SSSR count). The summed E-state index contributed by atoms with van der Waals surface area (Å²) in [5.41, 5.74) is -0.327. The molecule has 0 unspecified atom stereocenters. The van der Waals surface area contributed by atoms with Gasteiger partial charge < -0.3 is 105 Å². The Kier molecular flexibility index (Phi) is 16.1. The SMILES string of the molecule is CC(=O)N[C@H]1[C@@H](O[C@H]2[C@H](O)[C@@H](O)[C@H](Oc3ccc([N+](=O)[O-])cc3)O[C@@H]2C(=O)O)O[C@H](CO)[C@@H](O[C@@H]2O[C@H](C(=O)O)[C@@H](O[C@H]3O[C@H](CO)[C@@H](O)[C@H](O)[C@H]3NC(C)=O)[C@H](O)[C@H]2O)[C@@H]1O. The molecule has 0 aliphatic carbocycles. The van der Waals surface area contributed by atoms with Gasteiger partial charge in [-0.25, -0.2) is 9.59 Å². The second kappa shape index (κ2) is 20.4. The molecule has 348 valence electrons. The molecule has 4 fully saturated rings. The number of benzene rings is 1. The van der Waals surface area contributed by atoms with Crippen LogP contribution in [0.1, 0.15) is 13.8 Å². The lowest BCUT2D eigenvalue weighted by Crippen LogP contribution is -2.70. The minimum atomic E-state index is -2.29. The van der Waals surface area contributed by atoms with E-state index in [9.17, 15) is 85.5 Å². The Morgan fingerprint density at radius 2 is 1.03 bits per heavy atom. The largest absolute Gasteiger partial charge is 0.479 e. The molecular formula is C34H47N3O25. The van der Waals surface area contributed by atoms with Crippen LogP contribution in [-0.2, 0) is 52.3 Å².